The molecule has 0 heterocycles. The highest BCUT2D eigenvalue weighted by Crippen LogP contribution is 2.33. The molecule has 0 aromatic heterocycles. The Bertz CT molecular complexity index is 433. The lowest BCUT2D eigenvalue weighted by Crippen LogP contribution is -2.04. The van der Waals surface area contributed by atoms with Crippen molar-refractivity contribution in [1.29, 1.82) is 0 Å². The van der Waals surface area contributed by atoms with E-state index < -0.39 is 4.92 Å². The van der Waals surface area contributed by atoms with Crippen LogP contribution >= 0.6 is 0 Å². The molecule has 1 fully saturated rings. The van der Waals surface area contributed by atoms with Crippen LogP contribution in [-0.4, -0.2) is 11.5 Å². The quantitative estimate of drug-likeness (QED) is 0.596. The summed E-state index contributed by atoms with van der Waals surface area (Å²) in [7, 11) is 0. The molecule has 0 aliphatic heterocycles. The smallest absolute Gasteiger partial charge is 0.233 e. The SMILES string of the molecule is O=[N+]([O-])/C=C/COc1ccc(C2CCCCC2)cc1. The van der Waals surface area contributed by atoms with Crippen molar-refractivity contribution in [1.82, 2.24) is 0 Å². The van der Waals surface area contributed by atoms with Gasteiger partial charge < -0.3 is 4.74 Å². The molecule has 0 spiro atoms. The molecule has 0 N–H and O–H groups in total. The van der Waals surface area contributed by atoms with Crippen molar-refractivity contribution >= 4 is 0 Å². The van der Waals surface area contributed by atoms with Gasteiger partial charge in [-0.05, 0) is 36.5 Å². The Balaban J connectivity index is 1.85. The van der Waals surface area contributed by atoms with Crippen LogP contribution in [0.2, 0.25) is 0 Å². The minimum absolute atomic E-state index is 0.226. The highest BCUT2D eigenvalue weighted by atomic mass is 16.6. The molecule has 0 unspecified atom stereocenters. The molecule has 4 heteroatoms. The van der Waals surface area contributed by atoms with Gasteiger partial charge in [0.15, 0.2) is 0 Å². The zero-order valence-electron chi connectivity index (χ0n) is 11.0. The average Bonchev–Trinajstić information content (AvgIpc) is 2.45. The van der Waals surface area contributed by atoms with Gasteiger partial charge in [0, 0.05) is 6.08 Å². The third-order valence-corrected chi connectivity index (χ3v) is 3.53. The third-order valence-electron chi connectivity index (χ3n) is 3.53. The summed E-state index contributed by atoms with van der Waals surface area (Å²) in [5, 5.41) is 10.1. The van der Waals surface area contributed by atoms with Crippen LogP contribution < -0.4 is 4.74 Å². The van der Waals surface area contributed by atoms with Crippen molar-refractivity contribution in [3.63, 3.8) is 0 Å². The fourth-order valence-corrected chi connectivity index (χ4v) is 2.55. The Labute approximate surface area is 113 Å². The van der Waals surface area contributed by atoms with Gasteiger partial charge in [-0.2, -0.15) is 0 Å². The fraction of sp³-hybridized carbons (Fsp3) is 0.467. The zero-order chi connectivity index (χ0) is 13.5. The van der Waals surface area contributed by atoms with Crippen molar-refractivity contribution in [2.45, 2.75) is 38.0 Å². The van der Waals surface area contributed by atoms with E-state index in [1.807, 2.05) is 12.1 Å². The Hall–Kier alpha value is -1.84. The Morgan fingerprint density at radius 2 is 1.89 bits per heavy atom. The fourth-order valence-electron chi connectivity index (χ4n) is 2.55. The van der Waals surface area contributed by atoms with E-state index >= 15 is 0 Å². The first-order valence-corrected chi connectivity index (χ1v) is 6.78. The molecule has 0 bridgehead atoms. The summed E-state index contributed by atoms with van der Waals surface area (Å²) in [6.07, 6.45) is 8.88. The van der Waals surface area contributed by atoms with Crippen molar-refractivity contribution in [2.75, 3.05) is 6.61 Å². The second-order valence-corrected chi connectivity index (χ2v) is 4.89. The van der Waals surface area contributed by atoms with Crippen LogP contribution in [0.5, 0.6) is 5.75 Å². The van der Waals surface area contributed by atoms with Gasteiger partial charge >= 0.3 is 0 Å². The lowest BCUT2D eigenvalue weighted by molar-refractivity contribution is -0.402. The number of rotatable bonds is 5. The van der Waals surface area contributed by atoms with Crippen LogP contribution in [0.15, 0.2) is 36.5 Å². The highest BCUT2D eigenvalue weighted by Gasteiger charge is 2.14. The summed E-state index contributed by atoms with van der Waals surface area (Å²) < 4.78 is 5.41. The van der Waals surface area contributed by atoms with Gasteiger partial charge in [0.2, 0.25) is 6.20 Å². The van der Waals surface area contributed by atoms with E-state index in [1.165, 1.54) is 43.7 Å². The van der Waals surface area contributed by atoms with E-state index in [1.54, 1.807) is 0 Å². The highest BCUT2D eigenvalue weighted by molar-refractivity contribution is 5.29. The number of ether oxygens (including phenoxy) is 1. The number of hydrogen-bond acceptors (Lipinski definition) is 3. The van der Waals surface area contributed by atoms with Crippen molar-refractivity contribution < 1.29 is 9.66 Å². The molecule has 1 aliphatic rings. The van der Waals surface area contributed by atoms with Crippen molar-refractivity contribution in [2.24, 2.45) is 0 Å². The minimum atomic E-state index is -0.491. The topological polar surface area (TPSA) is 52.4 Å². The number of benzene rings is 1. The van der Waals surface area contributed by atoms with Crippen LogP contribution in [0, 0.1) is 10.1 Å². The summed E-state index contributed by atoms with van der Waals surface area (Å²) >= 11 is 0. The molecule has 1 aromatic carbocycles. The van der Waals surface area contributed by atoms with Gasteiger partial charge in [0.1, 0.15) is 12.4 Å². The predicted molar refractivity (Wildman–Crippen MR) is 73.9 cm³/mol. The largest absolute Gasteiger partial charge is 0.489 e. The first-order chi connectivity index (χ1) is 9.25. The number of nitrogens with zero attached hydrogens (tertiary/aromatic N) is 1. The lowest BCUT2D eigenvalue weighted by Gasteiger charge is -2.22. The second kappa shape index (κ2) is 6.92. The molecule has 1 aliphatic carbocycles. The van der Waals surface area contributed by atoms with Gasteiger partial charge in [-0.1, -0.05) is 31.4 Å². The number of nitro groups is 1. The molecule has 0 radical (unpaired) electrons. The minimum Gasteiger partial charge on any atom is -0.489 e. The van der Waals surface area contributed by atoms with E-state index in [0.29, 0.717) is 5.92 Å². The molecule has 2 rings (SSSR count). The Morgan fingerprint density at radius 1 is 1.21 bits per heavy atom. The van der Waals surface area contributed by atoms with Crippen LogP contribution in [-0.2, 0) is 0 Å². The molecule has 0 atom stereocenters. The van der Waals surface area contributed by atoms with Gasteiger partial charge in [-0.15, -0.1) is 0 Å². The van der Waals surface area contributed by atoms with Crippen LogP contribution in [0.1, 0.15) is 43.6 Å². The van der Waals surface area contributed by atoms with E-state index in [0.717, 1.165) is 11.9 Å². The maximum atomic E-state index is 10.1. The lowest BCUT2D eigenvalue weighted by atomic mass is 9.84. The van der Waals surface area contributed by atoms with E-state index in [-0.39, 0.29) is 6.61 Å². The molecule has 19 heavy (non-hydrogen) atoms. The summed E-state index contributed by atoms with van der Waals surface area (Å²) in [6.45, 7) is 0.226. The summed E-state index contributed by atoms with van der Waals surface area (Å²) in [6, 6.07) is 8.12. The monoisotopic (exact) mass is 261 g/mol. The van der Waals surface area contributed by atoms with Crippen molar-refractivity contribution in [3.8, 4) is 5.75 Å². The first-order valence-electron chi connectivity index (χ1n) is 6.78. The average molecular weight is 261 g/mol. The first kappa shape index (κ1) is 13.6. The summed E-state index contributed by atoms with van der Waals surface area (Å²) in [5.74, 6) is 1.45. The van der Waals surface area contributed by atoms with E-state index in [4.69, 9.17) is 4.74 Å². The van der Waals surface area contributed by atoms with E-state index in [2.05, 4.69) is 12.1 Å². The standard InChI is InChI=1S/C15H19NO3/c17-16(18)11-4-12-19-15-9-7-14(8-10-15)13-5-2-1-3-6-13/h4,7-11,13H,1-3,5-6,12H2/b11-4+. The van der Waals surface area contributed by atoms with Crippen LogP contribution in [0.3, 0.4) is 0 Å². The Morgan fingerprint density at radius 3 is 2.53 bits per heavy atom. The molecule has 0 amide bonds. The maximum absolute atomic E-state index is 10.1. The van der Waals surface area contributed by atoms with Gasteiger partial charge in [-0.25, -0.2) is 0 Å². The molecular formula is C15H19NO3. The summed E-state index contributed by atoms with van der Waals surface area (Å²) in [4.78, 5) is 9.60. The van der Waals surface area contributed by atoms with Crippen molar-refractivity contribution in [3.05, 3.63) is 52.2 Å². The molecule has 0 saturated heterocycles. The zero-order valence-corrected chi connectivity index (χ0v) is 11.0. The molecular weight excluding hydrogens is 242 g/mol. The predicted octanol–water partition coefficient (Wildman–Crippen LogP) is 3.90. The molecule has 1 aromatic rings. The second-order valence-electron chi connectivity index (χ2n) is 4.89. The Kier molecular flexibility index (Phi) is 4.95. The number of hydrogen-bond donors (Lipinski definition) is 0. The maximum Gasteiger partial charge on any atom is 0.233 e. The van der Waals surface area contributed by atoms with Gasteiger partial charge in [0.05, 0.1) is 4.92 Å². The molecule has 4 nitrogen and oxygen atoms in total. The van der Waals surface area contributed by atoms with Crippen LogP contribution in [0.25, 0.3) is 0 Å². The molecule has 102 valence electrons. The normalized spacial score (nSPS) is 16.6. The third kappa shape index (κ3) is 4.39. The molecule has 1 saturated carbocycles. The van der Waals surface area contributed by atoms with Gasteiger partial charge in [0.25, 0.3) is 0 Å². The summed E-state index contributed by atoms with van der Waals surface area (Å²) in [5.41, 5.74) is 1.38. The van der Waals surface area contributed by atoms with Gasteiger partial charge in [-0.3, -0.25) is 10.1 Å². The van der Waals surface area contributed by atoms with E-state index in [9.17, 15) is 10.1 Å². The van der Waals surface area contributed by atoms with Crippen LogP contribution in [0.4, 0.5) is 0 Å².